The van der Waals surface area contributed by atoms with Gasteiger partial charge in [0.25, 0.3) is 0 Å². The second-order valence-corrected chi connectivity index (χ2v) is 6.49. The lowest BCUT2D eigenvalue weighted by Crippen LogP contribution is -2.30. The summed E-state index contributed by atoms with van der Waals surface area (Å²) in [6.07, 6.45) is 0. The molecule has 146 valence electrons. The van der Waals surface area contributed by atoms with Gasteiger partial charge in [-0.25, -0.2) is 0 Å². The van der Waals surface area contributed by atoms with Gasteiger partial charge in [-0.3, -0.25) is 4.79 Å². The van der Waals surface area contributed by atoms with Gasteiger partial charge in [0.2, 0.25) is 11.7 Å². The number of hydrogen-bond acceptors (Lipinski definition) is 6. The van der Waals surface area contributed by atoms with E-state index in [1.54, 1.807) is 44.6 Å². The van der Waals surface area contributed by atoms with E-state index in [-0.39, 0.29) is 18.5 Å². The predicted molar refractivity (Wildman–Crippen MR) is 104 cm³/mol. The molecule has 1 atom stereocenters. The Kier molecular flexibility index (Phi) is 6.10. The van der Waals surface area contributed by atoms with Gasteiger partial charge in [0.05, 0.1) is 20.3 Å². The number of benzene rings is 2. The number of rotatable bonds is 7. The molecule has 0 saturated heterocycles. The molecule has 1 heterocycles. The summed E-state index contributed by atoms with van der Waals surface area (Å²) in [5.41, 5.74) is 1.66. The first kappa shape index (κ1) is 19.6. The number of ether oxygens (including phenoxy) is 2. The molecule has 0 spiro atoms. The molecular formula is C19H20ClN5O3. The Bertz CT molecular complexity index is 958. The van der Waals surface area contributed by atoms with Crippen LogP contribution in [-0.4, -0.2) is 40.3 Å². The Labute approximate surface area is 167 Å². The number of amides is 1. The summed E-state index contributed by atoms with van der Waals surface area (Å²) < 4.78 is 10.5. The zero-order valence-electron chi connectivity index (χ0n) is 15.7. The fourth-order valence-corrected chi connectivity index (χ4v) is 2.78. The minimum Gasteiger partial charge on any atom is -0.493 e. The molecule has 0 aliphatic carbocycles. The summed E-state index contributed by atoms with van der Waals surface area (Å²) >= 11 is 5.89. The normalized spacial score (nSPS) is 11.7. The van der Waals surface area contributed by atoms with E-state index in [1.165, 1.54) is 4.80 Å². The van der Waals surface area contributed by atoms with Crippen LogP contribution in [0.2, 0.25) is 5.02 Å². The number of nitrogens with one attached hydrogen (secondary N) is 1. The number of tetrazole rings is 1. The molecule has 0 saturated carbocycles. The van der Waals surface area contributed by atoms with Gasteiger partial charge in [-0.15, -0.1) is 10.2 Å². The quantitative estimate of drug-likeness (QED) is 0.654. The van der Waals surface area contributed by atoms with Crippen LogP contribution in [0.5, 0.6) is 11.5 Å². The zero-order chi connectivity index (χ0) is 20.1. The minimum atomic E-state index is -0.223. The van der Waals surface area contributed by atoms with E-state index in [2.05, 4.69) is 20.7 Å². The van der Waals surface area contributed by atoms with Crippen LogP contribution in [-0.2, 0) is 11.3 Å². The van der Waals surface area contributed by atoms with Crippen molar-refractivity contribution in [2.75, 3.05) is 14.2 Å². The lowest BCUT2D eigenvalue weighted by atomic mass is 10.1. The topological polar surface area (TPSA) is 91.2 Å². The highest BCUT2D eigenvalue weighted by Crippen LogP contribution is 2.30. The molecule has 3 rings (SSSR count). The summed E-state index contributed by atoms with van der Waals surface area (Å²) in [7, 11) is 3.12. The van der Waals surface area contributed by atoms with Gasteiger partial charge in [0.1, 0.15) is 6.54 Å². The van der Waals surface area contributed by atoms with E-state index in [0.717, 1.165) is 5.56 Å². The van der Waals surface area contributed by atoms with Gasteiger partial charge in [0, 0.05) is 10.6 Å². The van der Waals surface area contributed by atoms with Gasteiger partial charge in [0.15, 0.2) is 11.5 Å². The van der Waals surface area contributed by atoms with Crippen molar-refractivity contribution < 1.29 is 14.3 Å². The number of carbonyl (C=O) groups is 1. The van der Waals surface area contributed by atoms with E-state index in [4.69, 9.17) is 21.1 Å². The van der Waals surface area contributed by atoms with Crippen LogP contribution in [0, 0.1) is 0 Å². The molecule has 8 nitrogen and oxygen atoms in total. The monoisotopic (exact) mass is 401 g/mol. The summed E-state index contributed by atoms with van der Waals surface area (Å²) in [6.45, 7) is 1.85. The number of nitrogens with zero attached hydrogens (tertiary/aromatic N) is 4. The molecule has 0 radical (unpaired) electrons. The Balaban J connectivity index is 1.65. The molecule has 1 amide bonds. The second kappa shape index (κ2) is 8.71. The molecule has 0 fully saturated rings. The molecule has 28 heavy (non-hydrogen) atoms. The van der Waals surface area contributed by atoms with Crippen molar-refractivity contribution in [2.24, 2.45) is 0 Å². The number of aromatic nitrogens is 4. The highest BCUT2D eigenvalue weighted by Gasteiger charge is 2.14. The largest absolute Gasteiger partial charge is 0.493 e. The molecule has 2 aromatic carbocycles. The van der Waals surface area contributed by atoms with Gasteiger partial charge in [-0.05, 0) is 48.0 Å². The highest BCUT2D eigenvalue weighted by atomic mass is 35.5. The van der Waals surface area contributed by atoms with E-state index in [1.807, 2.05) is 19.1 Å². The first-order chi connectivity index (χ1) is 13.5. The standard InChI is InChI=1S/C19H20ClN5O3/c1-12(13-4-7-15(20)8-5-13)21-18(26)11-25-23-19(22-24-25)14-6-9-16(27-2)17(10-14)28-3/h4-10,12H,11H2,1-3H3,(H,21,26)/t12-/m1/s1. The van der Waals surface area contributed by atoms with Crippen molar-refractivity contribution in [1.29, 1.82) is 0 Å². The van der Waals surface area contributed by atoms with Crippen molar-refractivity contribution in [1.82, 2.24) is 25.5 Å². The van der Waals surface area contributed by atoms with Crippen LogP contribution in [0.3, 0.4) is 0 Å². The van der Waals surface area contributed by atoms with E-state index >= 15 is 0 Å². The number of halogens is 1. The number of carbonyl (C=O) groups excluding carboxylic acids is 1. The molecule has 3 aromatic rings. The predicted octanol–water partition coefficient (Wildman–Crippen LogP) is 2.89. The van der Waals surface area contributed by atoms with Gasteiger partial charge < -0.3 is 14.8 Å². The van der Waals surface area contributed by atoms with E-state index < -0.39 is 0 Å². The first-order valence-electron chi connectivity index (χ1n) is 8.55. The zero-order valence-corrected chi connectivity index (χ0v) is 16.5. The molecule has 0 bridgehead atoms. The van der Waals surface area contributed by atoms with E-state index in [9.17, 15) is 4.79 Å². The van der Waals surface area contributed by atoms with Crippen LogP contribution in [0.4, 0.5) is 0 Å². The Hall–Kier alpha value is -3.13. The van der Waals surface area contributed by atoms with Crippen molar-refractivity contribution in [2.45, 2.75) is 19.5 Å². The first-order valence-corrected chi connectivity index (χ1v) is 8.93. The molecule has 0 aliphatic heterocycles. The van der Waals surface area contributed by atoms with Crippen LogP contribution in [0.15, 0.2) is 42.5 Å². The third-order valence-corrected chi connectivity index (χ3v) is 4.38. The summed E-state index contributed by atoms with van der Waals surface area (Å²) in [5, 5.41) is 15.8. The fourth-order valence-electron chi connectivity index (χ4n) is 2.65. The lowest BCUT2D eigenvalue weighted by Gasteiger charge is -2.14. The molecule has 1 aromatic heterocycles. The SMILES string of the molecule is COc1ccc(-c2nnn(CC(=O)N[C@H](C)c3ccc(Cl)cc3)n2)cc1OC. The van der Waals surface area contributed by atoms with Gasteiger partial charge in [-0.1, -0.05) is 23.7 Å². The third kappa shape index (κ3) is 4.58. The molecule has 9 heteroatoms. The Morgan fingerprint density at radius 3 is 2.54 bits per heavy atom. The third-order valence-electron chi connectivity index (χ3n) is 4.13. The van der Waals surface area contributed by atoms with Crippen LogP contribution < -0.4 is 14.8 Å². The summed E-state index contributed by atoms with van der Waals surface area (Å²) in [4.78, 5) is 13.5. The van der Waals surface area contributed by atoms with Gasteiger partial charge >= 0.3 is 0 Å². The number of hydrogen-bond donors (Lipinski definition) is 1. The second-order valence-electron chi connectivity index (χ2n) is 6.05. The maximum Gasteiger partial charge on any atom is 0.244 e. The maximum absolute atomic E-state index is 12.3. The van der Waals surface area contributed by atoms with Crippen molar-refractivity contribution >= 4 is 17.5 Å². The molecule has 0 aliphatic rings. The number of methoxy groups -OCH3 is 2. The Morgan fingerprint density at radius 2 is 1.86 bits per heavy atom. The van der Waals surface area contributed by atoms with Crippen LogP contribution in [0.25, 0.3) is 11.4 Å². The van der Waals surface area contributed by atoms with Crippen molar-refractivity contribution in [3.8, 4) is 22.9 Å². The van der Waals surface area contributed by atoms with Crippen LogP contribution >= 0.6 is 11.6 Å². The average Bonchev–Trinajstić information content (AvgIpc) is 3.16. The van der Waals surface area contributed by atoms with Crippen LogP contribution in [0.1, 0.15) is 18.5 Å². The Morgan fingerprint density at radius 1 is 1.14 bits per heavy atom. The van der Waals surface area contributed by atoms with E-state index in [0.29, 0.717) is 27.9 Å². The molecule has 0 unspecified atom stereocenters. The summed E-state index contributed by atoms with van der Waals surface area (Å²) in [5.74, 6) is 1.33. The van der Waals surface area contributed by atoms with Crippen molar-refractivity contribution in [3.63, 3.8) is 0 Å². The minimum absolute atomic E-state index is 0.0434. The highest BCUT2D eigenvalue weighted by molar-refractivity contribution is 6.30. The fraction of sp³-hybridized carbons (Fsp3) is 0.263. The maximum atomic E-state index is 12.3. The van der Waals surface area contributed by atoms with Crippen molar-refractivity contribution in [3.05, 3.63) is 53.1 Å². The smallest absolute Gasteiger partial charge is 0.244 e. The molecular weight excluding hydrogens is 382 g/mol. The molecule has 1 N–H and O–H groups in total. The average molecular weight is 402 g/mol. The lowest BCUT2D eigenvalue weighted by molar-refractivity contribution is -0.122. The summed E-state index contributed by atoms with van der Waals surface area (Å²) in [6, 6.07) is 12.5. The van der Waals surface area contributed by atoms with Gasteiger partial charge in [-0.2, -0.15) is 4.80 Å².